The number of alkyl halides is 9. The maximum atomic E-state index is 13.5. The molecule has 33 heavy (non-hydrogen) atoms. The Hall–Kier alpha value is -3.15. The summed E-state index contributed by atoms with van der Waals surface area (Å²) in [5.41, 5.74) is -4.07. The first kappa shape index (κ1) is 24.5. The molecule has 2 aromatic carbocycles. The highest BCUT2D eigenvalue weighted by atomic mass is 35.5. The maximum absolute atomic E-state index is 13.5. The fourth-order valence-corrected chi connectivity index (χ4v) is 3.13. The predicted octanol–water partition coefficient (Wildman–Crippen LogP) is 7.89. The zero-order valence-corrected chi connectivity index (χ0v) is 16.5. The Kier molecular flexibility index (Phi) is 6.42. The first-order valence-corrected chi connectivity index (χ1v) is 9.01. The molecule has 0 amide bonds. The van der Waals surface area contributed by atoms with Gasteiger partial charge in [-0.2, -0.15) is 13.2 Å². The fourth-order valence-electron chi connectivity index (χ4n) is 2.83. The Morgan fingerprint density at radius 3 is 1.58 bits per heavy atom. The van der Waals surface area contributed by atoms with Gasteiger partial charge in [-0.1, -0.05) is 41.9 Å². The van der Waals surface area contributed by atoms with Crippen LogP contribution in [0.2, 0.25) is 5.02 Å². The van der Waals surface area contributed by atoms with Crippen LogP contribution in [0.15, 0.2) is 54.6 Å². The number of pyridine rings is 1. The van der Waals surface area contributed by atoms with E-state index in [2.05, 4.69) is 14.5 Å². The molecule has 0 aliphatic rings. The Labute approximate surface area is 184 Å². The molecule has 0 bridgehead atoms. The summed E-state index contributed by atoms with van der Waals surface area (Å²) in [5.74, 6) is -1.79. The molecular formula is C20H9ClF9NO2. The minimum atomic E-state index is -5.19. The summed E-state index contributed by atoms with van der Waals surface area (Å²) in [6.45, 7) is 0. The summed E-state index contributed by atoms with van der Waals surface area (Å²) in [4.78, 5) is 3.33. The van der Waals surface area contributed by atoms with Gasteiger partial charge in [0.1, 0.15) is 17.2 Å². The number of hydrogen-bond donors (Lipinski definition) is 0. The van der Waals surface area contributed by atoms with Crippen molar-refractivity contribution in [2.45, 2.75) is 18.9 Å². The molecular weight excluding hydrogens is 493 g/mol. The van der Waals surface area contributed by atoms with E-state index in [9.17, 15) is 39.5 Å². The molecule has 13 heteroatoms. The van der Waals surface area contributed by atoms with E-state index in [1.54, 1.807) is 0 Å². The van der Waals surface area contributed by atoms with Crippen LogP contribution in [-0.4, -0.2) is 17.7 Å². The van der Waals surface area contributed by atoms with Crippen LogP contribution in [-0.2, 0) is 6.18 Å². The highest BCUT2D eigenvalue weighted by Gasteiger charge is 2.37. The molecule has 1 aromatic heterocycles. The molecule has 0 aliphatic heterocycles. The third-order valence-corrected chi connectivity index (χ3v) is 4.40. The van der Waals surface area contributed by atoms with Crippen LogP contribution in [0.25, 0.3) is 22.4 Å². The van der Waals surface area contributed by atoms with Crippen molar-refractivity contribution in [3.63, 3.8) is 0 Å². The minimum Gasteiger partial charge on any atom is -0.405 e. The normalized spacial score (nSPS) is 12.5. The Morgan fingerprint density at radius 2 is 1.09 bits per heavy atom. The van der Waals surface area contributed by atoms with E-state index < -0.39 is 63.5 Å². The lowest BCUT2D eigenvalue weighted by molar-refractivity contribution is -0.275. The largest absolute Gasteiger partial charge is 0.573 e. The molecule has 0 saturated heterocycles. The highest BCUT2D eigenvalue weighted by molar-refractivity contribution is 6.36. The average Bonchev–Trinajstić information content (AvgIpc) is 2.66. The van der Waals surface area contributed by atoms with E-state index in [0.717, 1.165) is 36.4 Å². The molecule has 3 nitrogen and oxygen atoms in total. The zero-order chi connectivity index (χ0) is 24.6. The number of para-hydroxylation sites is 2. The number of benzene rings is 2. The van der Waals surface area contributed by atoms with Crippen LogP contribution < -0.4 is 9.47 Å². The van der Waals surface area contributed by atoms with Crippen LogP contribution in [0.3, 0.4) is 0 Å². The fraction of sp³-hybridized carbons (Fsp3) is 0.150. The van der Waals surface area contributed by atoms with Crippen molar-refractivity contribution in [3.05, 3.63) is 65.3 Å². The molecule has 0 radical (unpaired) electrons. The van der Waals surface area contributed by atoms with Gasteiger partial charge in [-0.15, -0.1) is 26.3 Å². The van der Waals surface area contributed by atoms with E-state index in [1.807, 2.05) is 0 Å². The number of ether oxygens (including phenoxy) is 2. The summed E-state index contributed by atoms with van der Waals surface area (Å²) >= 11 is 6.18. The van der Waals surface area contributed by atoms with E-state index in [4.69, 9.17) is 11.6 Å². The van der Waals surface area contributed by atoms with Crippen LogP contribution in [0.5, 0.6) is 11.5 Å². The van der Waals surface area contributed by atoms with Crippen LogP contribution in [0, 0.1) is 0 Å². The molecule has 0 fully saturated rings. The molecule has 0 saturated carbocycles. The van der Waals surface area contributed by atoms with Crippen LogP contribution >= 0.6 is 11.6 Å². The number of aromatic nitrogens is 1. The summed E-state index contributed by atoms with van der Waals surface area (Å²) in [7, 11) is 0. The average molecular weight is 502 g/mol. The van der Waals surface area contributed by atoms with E-state index in [0.29, 0.717) is 6.07 Å². The Morgan fingerprint density at radius 1 is 0.636 bits per heavy atom. The van der Waals surface area contributed by atoms with Crippen LogP contribution in [0.1, 0.15) is 5.69 Å². The molecule has 0 aliphatic carbocycles. The molecule has 1 heterocycles. The number of rotatable bonds is 4. The third kappa shape index (κ3) is 6.01. The molecule has 3 aromatic rings. The number of halogens is 10. The van der Waals surface area contributed by atoms with Gasteiger partial charge in [0.05, 0.1) is 10.7 Å². The van der Waals surface area contributed by atoms with E-state index >= 15 is 0 Å². The van der Waals surface area contributed by atoms with Gasteiger partial charge in [-0.3, -0.25) is 0 Å². The van der Waals surface area contributed by atoms with Gasteiger partial charge in [0, 0.05) is 16.7 Å². The van der Waals surface area contributed by atoms with Crippen molar-refractivity contribution in [3.8, 4) is 33.9 Å². The van der Waals surface area contributed by atoms with Crippen molar-refractivity contribution in [1.29, 1.82) is 0 Å². The lowest BCUT2D eigenvalue weighted by Crippen LogP contribution is -2.18. The quantitative estimate of drug-likeness (QED) is 0.341. The standard InChI is InChI=1S/C20H9ClF9NO2/c21-16-12(10-5-1-3-7-13(10)32-19(25,26)27)9-15(18(22,23)24)31-17(16)11-6-2-4-8-14(11)33-20(28,29)30/h1-9H. The van der Waals surface area contributed by atoms with Crippen molar-refractivity contribution in [1.82, 2.24) is 4.98 Å². The van der Waals surface area contributed by atoms with Gasteiger partial charge in [-0.05, 0) is 24.3 Å². The molecule has 0 unspecified atom stereocenters. The van der Waals surface area contributed by atoms with Crippen LogP contribution in [0.4, 0.5) is 39.5 Å². The molecule has 3 rings (SSSR count). The monoisotopic (exact) mass is 501 g/mol. The predicted molar refractivity (Wildman–Crippen MR) is 98.5 cm³/mol. The first-order chi connectivity index (χ1) is 15.2. The number of hydrogen-bond acceptors (Lipinski definition) is 3. The first-order valence-electron chi connectivity index (χ1n) is 8.64. The minimum absolute atomic E-state index is 0.373. The molecule has 0 spiro atoms. The topological polar surface area (TPSA) is 31.4 Å². The second kappa shape index (κ2) is 8.65. The van der Waals surface area contributed by atoms with Gasteiger partial charge < -0.3 is 9.47 Å². The van der Waals surface area contributed by atoms with Crippen molar-refractivity contribution >= 4 is 11.6 Å². The van der Waals surface area contributed by atoms with Crippen molar-refractivity contribution in [2.75, 3.05) is 0 Å². The molecule has 0 atom stereocenters. The lowest BCUT2D eigenvalue weighted by atomic mass is 10.0. The summed E-state index contributed by atoms with van der Waals surface area (Å²) in [6.07, 6.45) is -15.5. The number of nitrogens with zero attached hydrogens (tertiary/aromatic N) is 1. The maximum Gasteiger partial charge on any atom is 0.573 e. The highest BCUT2D eigenvalue weighted by Crippen LogP contribution is 2.45. The summed E-state index contributed by atoms with van der Waals surface area (Å²) in [5, 5.41) is -0.653. The second-order valence-corrected chi connectivity index (χ2v) is 6.68. The van der Waals surface area contributed by atoms with Gasteiger partial charge in [0.2, 0.25) is 0 Å². The summed E-state index contributed by atoms with van der Waals surface area (Å²) in [6, 6.07) is 8.67. The third-order valence-electron chi connectivity index (χ3n) is 4.02. The Bertz CT molecular complexity index is 1080. The van der Waals surface area contributed by atoms with Gasteiger partial charge in [-0.25, -0.2) is 4.98 Å². The Balaban J connectivity index is 2.31. The molecule has 176 valence electrons. The van der Waals surface area contributed by atoms with Crippen molar-refractivity contribution in [2.24, 2.45) is 0 Å². The smallest absolute Gasteiger partial charge is 0.405 e. The van der Waals surface area contributed by atoms with Gasteiger partial charge in [0.15, 0.2) is 0 Å². The second-order valence-electron chi connectivity index (χ2n) is 6.30. The summed E-state index contributed by atoms with van der Waals surface area (Å²) < 4.78 is 125. The lowest BCUT2D eigenvalue weighted by Gasteiger charge is -2.19. The van der Waals surface area contributed by atoms with Gasteiger partial charge in [0.25, 0.3) is 0 Å². The molecule has 0 N–H and O–H groups in total. The van der Waals surface area contributed by atoms with E-state index in [1.165, 1.54) is 12.1 Å². The van der Waals surface area contributed by atoms with Gasteiger partial charge >= 0.3 is 18.9 Å². The SMILES string of the molecule is FC(F)(F)Oc1ccccc1-c1cc(C(F)(F)F)nc(-c2ccccc2OC(F)(F)F)c1Cl. The van der Waals surface area contributed by atoms with Crippen molar-refractivity contribution < 1.29 is 49.0 Å². The van der Waals surface area contributed by atoms with E-state index in [-0.39, 0.29) is 0 Å². The zero-order valence-electron chi connectivity index (χ0n) is 15.7.